The molecule has 2 aromatic heterocycles. The van der Waals surface area contributed by atoms with E-state index in [1.54, 1.807) is 6.20 Å². The summed E-state index contributed by atoms with van der Waals surface area (Å²) >= 11 is 0. The van der Waals surface area contributed by atoms with Crippen molar-refractivity contribution < 1.29 is 4.79 Å². The summed E-state index contributed by atoms with van der Waals surface area (Å²) in [6.07, 6.45) is 13.1. The van der Waals surface area contributed by atoms with Gasteiger partial charge in [0.2, 0.25) is 11.9 Å². The highest BCUT2D eigenvalue weighted by atomic mass is 16.2. The zero-order valence-electron chi connectivity index (χ0n) is 21.4. The number of nitrogens with one attached hydrogen (secondary N) is 2. The van der Waals surface area contributed by atoms with Crippen molar-refractivity contribution in [3.8, 4) is 6.07 Å². The number of hydrogen-bond acceptors (Lipinski definition) is 8. The van der Waals surface area contributed by atoms with Gasteiger partial charge in [-0.25, -0.2) is 4.98 Å². The van der Waals surface area contributed by atoms with Crippen LogP contribution in [0.5, 0.6) is 0 Å². The van der Waals surface area contributed by atoms with Crippen LogP contribution in [0.3, 0.4) is 0 Å². The van der Waals surface area contributed by atoms with Crippen molar-refractivity contribution in [1.82, 2.24) is 29.5 Å². The number of fused-ring (bicyclic) bond motifs is 2. The van der Waals surface area contributed by atoms with Crippen LogP contribution in [0, 0.1) is 18.3 Å². The van der Waals surface area contributed by atoms with E-state index in [2.05, 4.69) is 49.5 Å². The van der Waals surface area contributed by atoms with Crippen LogP contribution < -0.4 is 10.6 Å². The molecule has 0 saturated carbocycles. The first-order valence-corrected chi connectivity index (χ1v) is 13.4. The van der Waals surface area contributed by atoms with E-state index in [0.29, 0.717) is 48.4 Å². The lowest BCUT2D eigenvalue weighted by atomic mass is 9.98. The lowest BCUT2D eigenvalue weighted by Crippen LogP contribution is -2.40. The van der Waals surface area contributed by atoms with Gasteiger partial charge in [0.05, 0.1) is 23.6 Å². The molecule has 5 rings (SSSR count). The molecule has 2 bridgehead atoms. The fourth-order valence-corrected chi connectivity index (χ4v) is 5.92. The number of aromatic nitrogens is 4. The van der Waals surface area contributed by atoms with Gasteiger partial charge in [-0.15, -0.1) is 0 Å². The van der Waals surface area contributed by atoms with E-state index >= 15 is 0 Å². The zero-order chi connectivity index (χ0) is 25.1. The van der Waals surface area contributed by atoms with Crippen molar-refractivity contribution >= 4 is 23.4 Å². The lowest BCUT2D eigenvalue weighted by molar-refractivity contribution is -0.130. The minimum atomic E-state index is 0.252. The van der Waals surface area contributed by atoms with Gasteiger partial charge < -0.3 is 20.4 Å². The molecule has 10 nitrogen and oxygen atoms in total. The van der Waals surface area contributed by atoms with E-state index in [0.717, 1.165) is 63.0 Å². The Bertz CT molecular complexity index is 1110. The van der Waals surface area contributed by atoms with E-state index in [1.165, 1.54) is 12.8 Å². The molecule has 192 valence electrons. The minimum Gasteiger partial charge on any atom is -0.369 e. The number of likely N-dealkylation sites (tertiary alicyclic amines) is 1. The molecule has 2 atom stereocenters. The van der Waals surface area contributed by atoms with Gasteiger partial charge in [0, 0.05) is 44.3 Å². The van der Waals surface area contributed by atoms with Crippen molar-refractivity contribution in [2.24, 2.45) is 0 Å². The van der Waals surface area contributed by atoms with Crippen LogP contribution in [0.25, 0.3) is 0 Å². The number of carbonyl (C=O) groups excluding carboxylic acids is 1. The van der Waals surface area contributed by atoms with E-state index < -0.39 is 0 Å². The molecular weight excluding hydrogens is 454 g/mol. The molecule has 0 aliphatic carbocycles. The minimum absolute atomic E-state index is 0.252. The van der Waals surface area contributed by atoms with Crippen molar-refractivity contribution in [2.45, 2.75) is 82.8 Å². The molecule has 3 saturated heterocycles. The van der Waals surface area contributed by atoms with Crippen LogP contribution in [-0.2, 0) is 4.79 Å². The van der Waals surface area contributed by atoms with Gasteiger partial charge in [0.1, 0.15) is 17.5 Å². The Morgan fingerprint density at radius 1 is 1.17 bits per heavy atom. The molecule has 10 heteroatoms. The first kappa shape index (κ1) is 24.5. The highest BCUT2D eigenvalue weighted by molar-refractivity contribution is 5.76. The molecule has 0 aromatic carbocycles. The summed E-state index contributed by atoms with van der Waals surface area (Å²) in [5.41, 5.74) is 2.20. The number of nitrogens with zero attached hydrogens (tertiary/aromatic N) is 7. The van der Waals surface area contributed by atoms with Crippen LogP contribution in [0.1, 0.15) is 75.1 Å². The third-order valence-electron chi connectivity index (χ3n) is 8.09. The molecular formula is C26H37N9O. The summed E-state index contributed by atoms with van der Waals surface area (Å²) < 4.78 is 2.11. The number of amides is 1. The second-order valence-corrected chi connectivity index (χ2v) is 10.4. The van der Waals surface area contributed by atoms with Gasteiger partial charge in [-0.1, -0.05) is 6.42 Å². The predicted molar refractivity (Wildman–Crippen MR) is 138 cm³/mol. The van der Waals surface area contributed by atoms with Gasteiger partial charge in [-0.05, 0) is 58.9 Å². The SMILES string of the molecule is Cc1nn(C2CC3CCC(C2)N3C)cc1Nc1ncc(C#N)c(NCCCN2CCCCCC2=O)n1. The smallest absolute Gasteiger partial charge is 0.229 e. The number of nitriles is 1. The highest BCUT2D eigenvalue weighted by Gasteiger charge is 2.39. The average molecular weight is 492 g/mol. The first-order valence-electron chi connectivity index (χ1n) is 13.4. The molecule has 36 heavy (non-hydrogen) atoms. The number of piperidine rings is 1. The fraction of sp³-hybridized carbons (Fsp3) is 0.654. The number of carbonyl (C=O) groups is 1. The second kappa shape index (κ2) is 10.8. The van der Waals surface area contributed by atoms with Crippen LogP contribution in [0.15, 0.2) is 12.4 Å². The number of anilines is 3. The van der Waals surface area contributed by atoms with E-state index in [4.69, 9.17) is 5.10 Å². The van der Waals surface area contributed by atoms with Crippen molar-refractivity contribution in [1.29, 1.82) is 5.26 Å². The zero-order valence-corrected chi connectivity index (χ0v) is 21.4. The Morgan fingerprint density at radius 2 is 1.97 bits per heavy atom. The summed E-state index contributed by atoms with van der Waals surface area (Å²) in [5.74, 6) is 1.20. The Hall–Kier alpha value is -3.19. The van der Waals surface area contributed by atoms with Crippen molar-refractivity contribution in [3.05, 3.63) is 23.7 Å². The summed E-state index contributed by atoms with van der Waals surface area (Å²) in [4.78, 5) is 25.6. The summed E-state index contributed by atoms with van der Waals surface area (Å²) in [7, 11) is 2.25. The topological polar surface area (TPSA) is 115 Å². The number of hydrogen-bond donors (Lipinski definition) is 2. The predicted octanol–water partition coefficient (Wildman–Crippen LogP) is 3.60. The fourth-order valence-electron chi connectivity index (χ4n) is 5.92. The van der Waals surface area contributed by atoms with E-state index in [-0.39, 0.29) is 5.91 Å². The highest BCUT2D eigenvalue weighted by Crippen LogP contribution is 2.40. The molecule has 0 spiro atoms. The van der Waals surface area contributed by atoms with Crippen LogP contribution in [0.4, 0.5) is 17.5 Å². The molecule has 0 radical (unpaired) electrons. The Morgan fingerprint density at radius 3 is 2.75 bits per heavy atom. The summed E-state index contributed by atoms with van der Waals surface area (Å²) in [6.45, 7) is 4.19. The van der Waals surface area contributed by atoms with Crippen LogP contribution in [-0.4, -0.2) is 74.2 Å². The maximum atomic E-state index is 12.2. The van der Waals surface area contributed by atoms with E-state index in [1.807, 2.05) is 11.8 Å². The number of aryl methyl sites for hydroxylation is 1. The molecule has 5 heterocycles. The van der Waals surface area contributed by atoms with Crippen LogP contribution in [0.2, 0.25) is 0 Å². The maximum absolute atomic E-state index is 12.2. The largest absolute Gasteiger partial charge is 0.369 e. The quantitative estimate of drug-likeness (QED) is 0.538. The Balaban J connectivity index is 1.20. The summed E-state index contributed by atoms with van der Waals surface area (Å²) in [5, 5.41) is 20.9. The third kappa shape index (κ3) is 5.31. The maximum Gasteiger partial charge on any atom is 0.229 e. The number of rotatable bonds is 8. The third-order valence-corrected chi connectivity index (χ3v) is 8.09. The van der Waals surface area contributed by atoms with Crippen molar-refractivity contribution in [2.75, 3.05) is 37.3 Å². The van der Waals surface area contributed by atoms with Crippen LogP contribution >= 0.6 is 0 Å². The Labute approximate surface area is 213 Å². The van der Waals surface area contributed by atoms with Crippen molar-refractivity contribution in [3.63, 3.8) is 0 Å². The molecule has 2 unspecified atom stereocenters. The molecule has 2 N–H and O–H groups in total. The summed E-state index contributed by atoms with van der Waals surface area (Å²) in [6, 6.07) is 3.90. The molecule has 3 aliphatic heterocycles. The molecule has 3 fully saturated rings. The second-order valence-electron chi connectivity index (χ2n) is 10.4. The molecule has 2 aromatic rings. The monoisotopic (exact) mass is 491 g/mol. The first-order chi connectivity index (χ1) is 17.5. The lowest BCUT2D eigenvalue weighted by Gasteiger charge is -2.36. The molecule has 3 aliphatic rings. The van der Waals surface area contributed by atoms with E-state index in [9.17, 15) is 10.1 Å². The van der Waals surface area contributed by atoms with Gasteiger partial charge in [-0.2, -0.15) is 15.3 Å². The Kier molecular flexibility index (Phi) is 7.37. The van der Waals surface area contributed by atoms with Gasteiger partial charge >= 0.3 is 0 Å². The average Bonchev–Trinajstić information content (AvgIpc) is 3.21. The van der Waals surface area contributed by atoms with Gasteiger partial charge in [-0.3, -0.25) is 9.48 Å². The van der Waals surface area contributed by atoms with Gasteiger partial charge in [0.15, 0.2) is 0 Å². The normalized spacial score (nSPS) is 24.4. The van der Waals surface area contributed by atoms with Gasteiger partial charge in [0.25, 0.3) is 0 Å². The molecule has 1 amide bonds. The standard InChI is InChI=1S/C26H37N9O/c1-18-23(17-35(32-18)22-13-20-8-9-21(14-22)33(20)2)30-26-29-16-19(15-27)25(31-26)28-10-6-12-34-11-5-3-4-7-24(34)36/h16-17,20-22H,3-14H2,1-2H3,(H2,28,29,30,31).